The Morgan fingerprint density at radius 3 is 2.25 bits per heavy atom. The molecule has 7 heteroatoms. The molecule has 2 aromatic carbocycles. The van der Waals surface area contributed by atoms with E-state index in [2.05, 4.69) is 5.32 Å². The van der Waals surface area contributed by atoms with Crippen LogP contribution >= 0.6 is 0 Å². The molecule has 128 valence electrons. The molecule has 0 aliphatic rings. The lowest BCUT2D eigenvalue weighted by Gasteiger charge is -2.21. The number of hydrogen-bond acceptors (Lipinski definition) is 3. The first kappa shape index (κ1) is 17.8. The lowest BCUT2D eigenvalue weighted by Crippen LogP contribution is -2.38. The van der Waals surface area contributed by atoms with Gasteiger partial charge in [-0.25, -0.2) is 13.2 Å². The van der Waals surface area contributed by atoms with Crippen LogP contribution in [0.25, 0.3) is 0 Å². The number of rotatable bonds is 5. The van der Waals surface area contributed by atoms with E-state index in [-0.39, 0.29) is 0 Å². The first-order valence-corrected chi connectivity index (χ1v) is 7.11. The first-order valence-electron chi connectivity index (χ1n) is 7.11. The smallest absolute Gasteiger partial charge is 0.257 e. The SMILES string of the molecule is COc1ccc([C@@H](O)[C@@H](C)NC(=O)c2c(F)ccc(F)c2F)cc1. The predicted molar refractivity (Wildman–Crippen MR) is 81.2 cm³/mol. The van der Waals surface area contributed by atoms with Crippen molar-refractivity contribution in [1.82, 2.24) is 5.32 Å². The Morgan fingerprint density at radius 2 is 1.67 bits per heavy atom. The van der Waals surface area contributed by atoms with Gasteiger partial charge in [-0.2, -0.15) is 0 Å². The number of aliphatic hydroxyl groups is 1. The molecule has 2 aromatic rings. The lowest BCUT2D eigenvalue weighted by molar-refractivity contribution is 0.0843. The number of aliphatic hydroxyl groups excluding tert-OH is 1. The molecule has 4 nitrogen and oxygen atoms in total. The minimum absolute atomic E-state index is 0.476. The molecular weight excluding hydrogens is 323 g/mol. The number of nitrogens with one attached hydrogen (secondary N) is 1. The van der Waals surface area contributed by atoms with Crippen molar-refractivity contribution in [1.29, 1.82) is 0 Å². The highest BCUT2D eigenvalue weighted by molar-refractivity contribution is 5.95. The molecule has 0 bridgehead atoms. The highest BCUT2D eigenvalue weighted by Gasteiger charge is 2.25. The lowest BCUT2D eigenvalue weighted by atomic mass is 10.0. The summed E-state index contributed by atoms with van der Waals surface area (Å²) in [4.78, 5) is 12.0. The van der Waals surface area contributed by atoms with Gasteiger partial charge in [0.05, 0.1) is 19.3 Å². The molecule has 0 unspecified atom stereocenters. The molecule has 24 heavy (non-hydrogen) atoms. The van der Waals surface area contributed by atoms with Gasteiger partial charge < -0.3 is 15.2 Å². The molecule has 0 aliphatic carbocycles. The van der Waals surface area contributed by atoms with Gasteiger partial charge in [-0.3, -0.25) is 4.79 Å². The van der Waals surface area contributed by atoms with E-state index < -0.39 is 41.1 Å². The molecule has 0 saturated carbocycles. The van der Waals surface area contributed by atoms with Crippen molar-refractivity contribution in [2.45, 2.75) is 19.1 Å². The van der Waals surface area contributed by atoms with Gasteiger partial charge in [0.25, 0.3) is 5.91 Å². The molecule has 2 N–H and O–H groups in total. The van der Waals surface area contributed by atoms with E-state index in [9.17, 15) is 23.1 Å². The fourth-order valence-corrected chi connectivity index (χ4v) is 2.18. The van der Waals surface area contributed by atoms with Gasteiger partial charge in [-0.15, -0.1) is 0 Å². The Labute approximate surface area is 136 Å². The van der Waals surface area contributed by atoms with Crippen LogP contribution < -0.4 is 10.1 Å². The maximum atomic E-state index is 13.6. The maximum absolute atomic E-state index is 13.6. The van der Waals surface area contributed by atoms with Gasteiger partial charge in [0, 0.05) is 0 Å². The summed E-state index contributed by atoms with van der Waals surface area (Å²) in [6.07, 6.45) is -1.13. The molecule has 0 aliphatic heterocycles. The van der Waals surface area contributed by atoms with Gasteiger partial charge in [-0.1, -0.05) is 12.1 Å². The fraction of sp³-hybridized carbons (Fsp3) is 0.235. The van der Waals surface area contributed by atoms with E-state index in [0.717, 1.165) is 0 Å². The number of ether oxygens (including phenoxy) is 1. The Morgan fingerprint density at radius 1 is 1.08 bits per heavy atom. The average Bonchev–Trinajstić information content (AvgIpc) is 2.58. The largest absolute Gasteiger partial charge is 0.497 e. The van der Waals surface area contributed by atoms with Gasteiger partial charge in [-0.05, 0) is 36.8 Å². The van der Waals surface area contributed by atoms with Crippen LogP contribution in [-0.4, -0.2) is 24.2 Å². The van der Waals surface area contributed by atoms with Crippen LogP contribution in [-0.2, 0) is 0 Å². The fourth-order valence-electron chi connectivity index (χ4n) is 2.18. The third-order valence-electron chi connectivity index (χ3n) is 3.56. The standard InChI is InChI=1S/C17H16F3NO3/c1-9(16(22)10-3-5-11(24-2)6-4-10)21-17(23)14-12(18)7-8-13(19)15(14)20/h3-9,16,22H,1-2H3,(H,21,23)/t9-,16+/m1/s1. The highest BCUT2D eigenvalue weighted by Crippen LogP contribution is 2.21. The molecule has 0 spiro atoms. The van der Waals surface area contributed by atoms with Crippen molar-refractivity contribution in [2.75, 3.05) is 7.11 Å². The monoisotopic (exact) mass is 339 g/mol. The van der Waals surface area contributed by atoms with Crippen molar-refractivity contribution >= 4 is 5.91 Å². The first-order chi connectivity index (χ1) is 11.3. The zero-order valence-corrected chi connectivity index (χ0v) is 13.0. The summed E-state index contributed by atoms with van der Waals surface area (Å²) in [5.74, 6) is -4.64. The van der Waals surface area contributed by atoms with Crippen molar-refractivity contribution in [3.8, 4) is 5.75 Å². The number of amides is 1. The summed E-state index contributed by atoms with van der Waals surface area (Å²) in [6.45, 7) is 1.46. The van der Waals surface area contributed by atoms with Crippen molar-refractivity contribution in [3.63, 3.8) is 0 Å². The second-order valence-corrected chi connectivity index (χ2v) is 5.20. The van der Waals surface area contributed by atoms with Gasteiger partial charge >= 0.3 is 0 Å². The minimum Gasteiger partial charge on any atom is -0.497 e. The number of hydrogen-bond donors (Lipinski definition) is 2. The number of methoxy groups -OCH3 is 1. The summed E-state index contributed by atoms with van der Waals surface area (Å²) < 4.78 is 45.4. The van der Waals surface area contributed by atoms with Gasteiger partial charge in [0.2, 0.25) is 0 Å². The summed E-state index contributed by atoms with van der Waals surface area (Å²) in [6, 6.07) is 6.82. The molecule has 0 saturated heterocycles. The summed E-state index contributed by atoms with van der Waals surface area (Å²) in [5, 5.41) is 12.5. The molecule has 2 atom stereocenters. The Kier molecular flexibility index (Phi) is 5.46. The third-order valence-corrected chi connectivity index (χ3v) is 3.56. The van der Waals surface area contributed by atoms with Crippen molar-refractivity contribution in [2.24, 2.45) is 0 Å². The van der Waals surface area contributed by atoms with Crippen molar-refractivity contribution in [3.05, 3.63) is 65.0 Å². The van der Waals surface area contributed by atoms with Crippen LogP contribution in [0.1, 0.15) is 28.9 Å². The zero-order valence-electron chi connectivity index (χ0n) is 13.0. The average molecular weight is 339 g/mol. The van der Waals surface area contributed by atoms with Crippen LogP contribution in [0.4, 0.5) is 13.2 Å². The molecule has 1 amide bonds. The third kappa shape index (κ3) is 3.68. The van der Waals surface area contributed by atoms with E-state index in [1.165, 1.54) is 14.0 Å². The highest BCUT2D eigenvalue weighted by atomic mass is 19.2. The van der Waals surface area contributed by atoms with E-state index in [4.69, 9.17) is 4.74 Å². The van der Waals surface area contributed by atoms with Crippen LogP contribution in [0, 0.1) is 17.5 Å². The van der Waals surface area contributed by atoms with Crippen LogP contribution in [0.3, 0.4) is 0 Å². The molecule has 2 rings (SSSR count). The molecule has 0 radical (unpaired) electrons. The second-order valence-electron chi connectivity index (χ2n) is 5.20. The topological polar surface area (TPSA) is 58.6 Å². The predicted octanol–water partition coefficient (Wildman–Crippen LogP) is 2.96. The van der Waals surface area contributed by atoms with E-state index in [1.807, 2.05) is 0 Å². The number of carbonyl (C=O) groups excluding carboxylic acids is 1. The second kappa shape index (κ2) is 7.35. The van der Waals surface area contributed by atoms with Crippen LogP contribution in [0.15, 0.2) is 36.4 Å². The van der Waals surface area contributed by atoms with Crippen molar-refractivity contribution < 1.29 is 27.8 Å². The molecule has 0 fully saturated rings. The minimum atomic E-state index is -1.57. The van der Waals surface area contributed by atoms with Crippen LogP contribution in [0.5, 0.6) is 5.75 Å². The molecule has 0 heterocycles. The van der Waals surface area contributed by atoms with Gasteiger partial charge in [0.1, 0.15) is 17.1 Å². The van der Waals surface area contributed by atoms with E-state index in [0.29, 0.717) is 23.4 Å². The van der Waals surface area contributed by atoms with Crippen LogP contribution in [0.2, 0.25) is 0 Å². The Bertz CT molecular complexity index is 735. The Hall–Kier alpha value is -2.54. The molecular formula is C17H16F3NO3. The van der Waals surface area contributed by atoms with E-state index >= 15 is 0 Å². The normalized spacial score (nSPS) is 13.2. The quantitative estimate of drug-likeness (QED) is 0.824. The van der Waals surface area contributed by atoms with Gasteiger partial charge in [0.15, 0.2) is 11.6 Å². The Balaban J connectivity index is 2.15. The number of halogens is 3. The number of carbonyl (C=O) groups is 1. The maximum Gasteiger partial charge on any atom is 0.257 e. The summed E-state index contributed by atoms with van der Waals surface area (Å²) in [7, 11) is 1.50. The van der Waals surface area contributed by atoms with E-state index in [1.54, 1.807) is 24.3 Å². The molecule has 0 aromatic heterocycles. The zero-order chi connectivity index (χ0) is 17.9. The summed E-state index contributed by atoms with van der Waals surface area (Å²) in [5.41, 5.74) is -0.549. The summed E-state index contributed by atoms with van der Waals surface area (Å²) >= 11 is 0. The number of benzene rings is 2.